The average molecular weight is 275 g/mol. The summed E-state index contributed by atoms with van der Waals surface area (Å²) in [5, 5.41) is 17.6. The summed E-state index contributed by atoms with van der Waals surface area (Å²) in [7, 11) is 1.81. The number of nitrogens with one attached hydrogen (secondary N) is 1. The fourth-order valence-electron chi connectivity index (χ4n) is 2.30. The molecule has 1 heterocycles. The van der Waals surface area contributed by atoms with Gasteiger partial charge in [0.15, 0.2) is 5.69 Å². The number of carbonyl (C=O) groups is 1. The molecular formula is C15H21N3O2. The van der Waals surface area contributed by atoms with Crippen LogP contribution in [0.5, 0.6) is 0 Å². The second-order valence-electron chi connectivity index (χ2n) is 5.48. The molecule has 1 unspecified atom stereocenters. The Bertz CT molecular complexity index is 604. The summed E-state index contributed by atoms with van der Waals surface area (Å²) in [5.74, 6) is 0.155. The van der Waals surface area contributed by atoms with Crippen molar-refractivity contribution >= 4 is 16.8 Å². The molecule has 0 bridgehead atoms. The third-order valence-electron chi connectivity index (χ3n) is 3.21. The van der Waals surface area contributed by atoms with Gasteiger partial charge >= 0.3 is 0 Å². The first-order valence-corrected chi connectivity index (χ1v) is 6.87. The van der Waals surface area contributed by atoms with Crippen LogP contribution in [0, 0.1) is 5.92 Å². The van der Waals surface area contributed by atoms with E-state index in [-0.39, 0.29) is 12.5 Å². The zero-order valence-corrected chi connectivity index (χ0v) is 12.1. The summed E-state index contributed by atoms with van der Waals surface area (Å²) < 4.78 is 1.69. The van der Waals surface area contributed by atoms with Gasteiger partial charge in [-0.3, -0.25) is 9.48 Å². The maximum absolute atomic E-state index is 12.2. The zero-order chi connectivity index (χ0) is 14.7. The van der Waals surface area contributed by atoms with Crippen molar-refractivity contribution in [1.82, 2.24) is 15.1 Å². The van der Waals surface area contributed by atoms with Crippen molar-refractivity contribution in [3.63, 3.8) is 0 Å². The number of hydrogen-bond donors (Lipinski definition) is 2. The lowest BCUT2D eigenvalue weighted by atomic mass is 10.1. The predicted octanol–water partition coefficient (Wildman–Crippen LogP) is 1.71. The molecule has 1 aromatic heterocycles. The number of aliphatic hydroxyl groups excluding tert-OH is 1. The first kappa shape index (κ1) is 14.5. The van der Waals surface area contributed by atoms with Crippen LogP contribution in [0.3, 0.4) is 0 Å². The van der Waals surface area contributed by atoms with Gasteiger partial charge in [-0.05, 0) is 18.4 Å². The van der Waals surface area contributed by atoms with Crippen LogP contribution in [0.1, 0.15) is 30.8 Å². The van der Waals surface area contributed by atoms with Crippen molar-refractivity contribution in [2.45, 2.75) is 26.4 Å². The molecule has 1 amide bonds. The Labute approximate surface area is 118 Å². The number of amides is 1. The van der Waals surface area contributed by atoms with E-state index >= 15 is 0 Å². The summed E-state index contributed by atoms with van der Waals surface area (Å²) in [6.07, 6.45) is 0.150. The fraction of sp³-hybridized carbons (Fsp3) is 0.467. The number of carbonyl (C=O) groups excluding carboxylic acids is 1. The Balaban J connectivity index is 2.08. The van der Waals surface area contributed by atoms with Gasteiger partial charge in [0.25, 0.3) is 5.91 Å². The molecule has 0 aliphatic heterocycles. The molecule has 2 rings (SSSR count). The van der Waals surface area contributed by atoms with E-state index in [0.29, 0.717) is 18.0 Å². The highest BCUT2D eigenvalue weighted by molar-refractivity contribution is 6.04. The lowest BCUT2D eigenvalue weighted by Crippen LogP contribution is -2.33. The molecule has 5 nitrogen and oxygen atoms in total. The quantitative estimate of drug-likeness (QED) is 0.873. The molecule has 0 spiro atoms. The number of aromatic nitrogens is 2. The summed E-state index contributed by atoms with van der Waals surface area (Å²) in [4.78, 5) is 12.2. The second-order valence-corrected chi connectivity index (χ2v) is 5.48. The van der Waals surface area contributed by atoms with E-state index in [9.17, 15) is 9.90 Å². The number of hydrogen-bond acceptors (Lipinski definition) is 3. The standard InChI is InChI=1S/C15H21N3O2/c1-10(2)8-11(19)9-16-15(20)14-12-6-4-5-7-13(12)18(3)17-14/h4-7,10-11,19H,8-9H2,1-3H3,(H,16,20). The van der Waals surface area contributed by atoms with Gasteiger partial charge in [0, 0.05) is 19.0 Å². The second kappa shape index (κ2) is 6.05. The average Bonchev–Trinajstić information content (AvgIpc) is 2.73. The number of aryl methyl sites for hydroxylation is 1. The van der Waals surface area contributed by atoms with Crippen molar-refractivity contribution in [3.05, 3.63) is 30.0 Å². The molecule has 108 valence electrons. The monoisotopic (exact) mass is 275 g/mol. The minimum atomic E-state index is -0.520. The van der Waals surface area contributed by atoms with Gasteiger partial charge in [0.2, 0.25) is 0 Å². The van der Waals surface area contributed by atoms with Crippen molar-refractivity contribution in [1.29, 1.82) is 0 Å². The number of nitrogens with zero attached hydrogens (tertiary/aromatic N) is 2. The van der Waals surface area contributed by atoms with E-state index in [1.54, 1.807) is 4.68 Å². The number of rotatable bonds is 5. The summed E-state index contributed by atoms with van der Waals surface area (Å²) in [6, 6.07) is 7.60. The third kappa shape index (κ3) is 3.17. The molecule has 20 heavy (non-hydrogen) atoms. The van der Waals surface area contributed by atoms with Crippen LogP contribution in [-0.2, 0) is 7.05 Å². The largest absolute Gasteiger partial charge is 0.391 e. The molecular weight excluding hydrogens is 254 g/mol. The Hall–Kier alpha value is -1.88. The number of para-hydroxylation sites is 1. The van der Waals surface area contributed by atoms with Crippen LogP contribution < -0.4 is 5.32 Å². The van der Waals surface area contributed by atoms with E-state index in [2.05, 4.69) is 10.4 Å². The van der Waals surface area contributed by atoms with E-state index in [1.165, 1.54) is 0 Å². The van der Waals surface area contributed by atoms with Crippen LogP contribution in [0.4, 0.5) is 0 Å². The van der Waals surface area contributed by atoms with Crippen molar-refractivity contribution < 1.29 is 9.90 Å². The van der Waals surface area contributed by atoms with Gasteiger partial charge in [0.05, 0.1) is 11.6 Å². The first-order valence-electron chi connectivity index (χ1n) is 6.87. The highest BCUT2D eigenvalue weighted by Crippen LogP contribution is 2.17. The Morgan fingerprint density at radius 2 is 2.10 bits per heavy atom. The first-order chi connectivity index (χ1) is 9.49. The van der Waals surface area contributed by atoms with Gasteiger partial charge in [-0.25, -0.2) is 0 Å². The van der Waals surface area contributed by atoms with Gasteiger partial charge in [-0.2, -0.15) is 5.10 Å². The lowest BCUT2D eigenvalue weighted by Gasteiger charge is -2.13. The van der Waals surface area contributed by atoms with Crippen LogP contribution in [0.15, 0.2) is 24.3 Å². The Morgan fingerprint density at radius 1 is 1.40 bits per heavy atom. The highest BCUT2D eigenvalue weighted by Gasteiger charge is 2.16. The normalized spacial score (nSPS) is 12.8. The van der Waals surface area contributed by atoms with Crippen LogP contribution in [0.2, 0.25) is 0 Å². The summed E-state index contributed by atoms with van der Waals surface area (Å²) >= 11 is 0. The van der Waals surface area contributed by atoms with Crippen molar-refractivity contribution in [3.8, 4) is 0 Å². The van der Waals surface area contributed by atoms with E-state index in [1.807, 2.05) is 45.2 Å². The van der Waals surface area contributed by atoms with Crippen LogP contribution >= 0.6 is 0 Å². The van der Waals surface area contributed by atoms with Gasteiger partial charge in [-0.15, -0.1) is 0 Å². The van der Waals surface area contributed by atoms with Gasteiger partial charge < -0.3 is 10.4 Å². The predicted molar refractivity (Wildman–Crippen MR) is 78.5 cm³/mol. The lowest BCUT2D eigenvalue weighted by molar-refractivity contribution is 0.0896. The molecule has 5 heteroatoms. The molecule has 2 N–H and O–H groups in total. The minimum absolute atomic E-state index is 0.246. The molecule has 0 fully saturated rings. The summed E-state index contributed by atoms with van der Waals surface area (Å²) in [5.41, 5.74) is 1.32. The minimum Gasteiger partial charge on any atom is -0.391 e. The molecule has 2 aromatic rings. The van der Waals surface area contributed by atoms with Gasteiger partial charge in [-0.1, -0.05) is 32.0 Å². The maximum atomic E-state index is 12.2. The van der Waals surface area contributed by atoms with Crippen LogP contribution in [0.25, 0.3) is 10.9 Å². The Kier molecular flexibility index (Phi) is 4.39. The number of benzene rings is 1. The maximum Gasteiger partial charge on any atom is 0.272 e. The van der Waals surface area contributed by atoms with E-state index < -0.39 is 6.10 Å². The molecule has 0 saturated heterocycles. The van der Waals surface area contributed by atoms with Crippen molar-refractivity contribution in [2.24, 2.45) is 13.0 Å². The molecule has 1 aromatic carbocycles. The molecule has 0 aliphatic rings. The van der Waals surface area contributed by atoms with Gasteiger partial charge in [0.1, 0.15) is 0 Å². The molecule has 1 atom stereocenters. The molecule has 0 radical (unpaired) electrons. The topological polar surface area (TPSA) is 67.2 Å². The molecule has 0 aliphatic carbocycles. The smallest absolute Gasteiger partial charge is 0.272 e. The Morgan fingerprint density at radius 3 is 2.80 bits per heavy atom. The number of fused-ring (bicyclic) bond motifs is 1. The fourth-order valence-corrected chi connectivity index (χ4v) is 2.30. The molecule has 0 saturated carbocycles. The number of aliphatic hydroxyl groups is 1. The SMILES string of the molecule is CC(C)CC(O)CNC(=O)c1nn(C)c2ccccc12. The highest BCUT2D eigenvalue weighted by atomic mass is 16.3. The third-order valence-corrected chi connectivity index (χ3v) is 3.21. The van der Waals surface area contributed by atoms with Crippen molar-refractivity contribution in [2.75, 3.05) is 6.54 Å². The summed E-state index contributed by atoms with van der Waals surface area (Å²) in [6.45, 7) is 4.33. The zero-order valence-electron chi connectivity index (χ0n) is 12.1. The van der Waals surface area contributed by atoms with Crippen LogP contribution in [-0.4, -0.2) is 33.4 Å². The van der Waals surface area contributed by atoms with E-state index in [0.717, 1.165) is 10.9 Å². The van der Waals surface area contributed by atoms with E-state index in [4.69, 9.17) is 0 Å².